The molecule has 1 aliphatic heterocycles. The number of nitrogens with two attached hydrogens (primary N) is 1. The predicted molar refractivity (Wildman–Crippen MR) is 115 cm³/mol. The monoisotopic (exact) mass is 380 g/mol. The van der Waals surface area contributed by atoms with Crippen molar-refractivity contribution in [2.24, 2.45) is 5.73 Å². The van der Waals surface area contributed by atoms with E-state index in [0.717, 1.165) is 37.4 Å². The van der Waals surface area contributed by atoms with Gasteiger partial charge in [-0.25, -0.2) is 4.98 Å². The van der Waals surface area contributed by atoms with Crippen LogP contribution in [0, 0.1) is 0 Å². The normalized spacial score (nSPS) is 17.0. The van der Waals surface area contributed by atoms with Crippen molar-refractivity contribution in [3.05, 3.63) is 41.6 Å². The van der Waals surface area contributed by atoms with Gasteiger partial charge in [0.1, 0.15) is 5.82 Å². The van der Waals surface area contributed by atoms with Crippen molar-refractivity contribution in [2.75, 3.05) is 43.4 Å². The molecule has 2 heterocycles. The molecule has 1 aromatic heterocycles. The maximum atomic E-state index is 5.62. The van der Waals surface area contributed by atoms with E-state index < -0.39 is 0 Å². The van der Waals surface area contributed by atoms with Crippen molar-refractivity contribution in [3.63, 3.8) is 0 Å². The molecular weight excluding hydrogens is 348 g/mol. The molecule has 0 radical (unpaired) electrons. The van der Waals surface area contributed by atoms with Crippen molar-refractivity contribution in [1.82, 2.24) is 14.9 Å². The molecule has 4 rings (SSSR count). The first kappa shape index (κ1) is 19.2. The maximum Gasteiger partial charge on any atom is 0.229 e. The Labute approximate surface area is 167 Å². The highest BCUT2D eigenvalue weighted by atomic mass is 15.1. The second-order valence-electron chi connectivity index (χ2n) is 7.96. The van der Waals surface area contributed by atoms with Gasteiger partial charge in [0, 0.05) is 30.5 Å². The zero-order valence-electron chi connectivity index (χ0n) is 16.7. The van der Waals surface area contributed by atoms with Crippen molar-refractivity contribution in [2.45, 2.75) is 44.4 Å². The van der Waals surface area contributed by atoms with E-state index in [1.807, 2.05) is 6.20 Å². The molecule has 0 unspecified atom stereocenters. The Bertz CT molecular complexity index is 750. The largest absolute Gasteiger partial charge is 0.370 e. The number of anilines is 3. The highest BCUT2D eigenvalue weighted by Gasteiger charge is 2.27. The topological polar surface area (TPSA) is 79.1 Å². The van der Waals surface area contributed by atoms with E-state index in [9.17, 15) is 0 Å². The minimum atomic E-state index is 0.615. The summed E-state index contributed by atoms with van der Waals surface area (Å²) in [5, 5.41) is 6.79. The summed E-state index contributed by atoms with van der Waals surface area (Å²) >= 11 is 0. The third kappa shape index (κ3) is 5.20. The standard InChI is InChI=1S/C22H32N6/c23-11-3-12-24-21-20(18-6-7-18)16-25-22(27-21)26-19-8-4-17(5-9-19)10-15-28-13-1-2-14-28/h4-5,8-9,16,18H,1-3,6-7,10-15,23H2,(H2,24,25,26,27). The molecule has 6 nitrogen and oxygen atoms in total. The van der Waals surface area contributed by atoms with Crippen LogP contribution >= 0.6 is 0 Å². The number of rotatable bonds is 10. The molecule has 28 heavy (non-hydrogen) atoms. The van der Waals surface area contributed by atoms with Gasteiger partial charge in [-0.15, -0.1) is 0 Å². The average Bonchev–Trinajstić information content (AvgIpc) is 3.43. The lowest BCUT2D eigenvalue weighted by Gasteiger charge is -2.14. The first-order valence-corrected chi connectivity index (χ1v) is 10.7. The minimum Gasteiger partial charge on any atom is -0.370 e. The molecule has 1 aromatic carbocycles. The van der Waals surface area contributed by atoms with Crippen LogP contribution in [0.5, 0.6) is 0 Å². The van der Waals surface area contributed by atoms with Crippen LogP contribution in [-0.2, 0) is 6.42 Å². The van der Waals surface area contributed by atoms with Crippen LogP contribution in [0.25, 0.3) is 0 Å². The Balaban J connectivity index is 1.36. The van der Waals surface area contributed by atoms with Crippen LogP contribution in [0.3, 0.4) is 0 Å². The van der Waals surface area contributed by atoms with Crippen LogP contribution in [0.4, 0.5) is 17.5 Å². The first-order valence-electron chi connectivity index (χ1n) is 10.7. The summed E-state index contributed by atoms with van der Waals surface area (Å²) in [7, 11) is 0. The Morgan fingerprint density at radius 2 is 1.89 bits per heavy atom. The molecule has 150 valence electrons. The van der Waals surface area contributed by atoms with E-state index >= 15 is 0 Å². The van der Waals surface area contributed by atoms with E-state index in [4.69, 9.17) is 10.7 Å². The molecule has 6 heteroatoms. The van der Waals surface area contributed by atoms with Crippen LogP contribution in [0.1, 0.15) is 49.1 Å². The van der Waals surface area contributed by atoms with E-state index in [2.05, 4.69) is 44.8 Å². The van der Waals surface area contributed by atoms with Crippen molar-refractivity contribution in [1.29, 1.82) is 0 Å². The summed E-state index contributed by atoms with van der Waals surface area (Å²) in [6.07, 6.45) is 9.21. The summed E-state index contributed by atoms with van der Waals surface area (Å²) in [6.45, 7) is 5.21. The quantitative estimate of drug-likeness (QED) is 0.548. The van der Waals surface area contributed by atoms with Crippen LogP contribution in [0.15, 0.2) is 30.5 Å². The molecule has 2 aromatic rings. The van der Waals surface area contributed by atoms with Gasteiger partial charge in [0.2, 0.25) is 5.95 Å². The number of aromatic nitrogens is 2. The lowest BCUT2D eigenvalue weighted by Crippen LogP contribution is -2.21. The SMILES string of the molecule is NCCCNc1nc(Nc2ccc(CCN3CCCC3)cc2)ncc1C1CC1. The third-order valence-electron chi connectivity index (χ3n) is 5.63. The van der Waals surface area contributed by atoms with Gasteiger partial charge < -0.3 is 21.3 Å². The summed E-state index contributed by atoms with van der Waals surface area (Å²) in [4.78, 5) is 11.8. The maximum absolute atomic E-state index is 5.62. The summed E-state index contributed by atoms with van der Waals surface area (Å²) in [5.74, 6) is 2.21. The number of nitrogens with one attached hydrogen (secondary N) is 2. The van der Waals surface area contributed by atoms with Crippen LogP contribution in [-0.4, -0.2) is 47.6 Å². The van der Waals surface area contributed by atoms with Crippen LogP contribution < -0.4 is 16.4 Å². The van der Waals surface area contributed by atoms with Gasteiger partial charge in [-0.05, 0) is 81.8 Å². The van der Waals surface area contributed by atoms with Gasteiger partial charge in [0.05, 0.1) is 0 Å². The number of likely N-dealkylation sites (tertiary alicyclic amines) is 1. The average molecular weight is 381 g/mol. The molecule has 0 spiro atoms. The number of hydrogen-bond acceptors (Lipinski definition) is 6. The fraction of sp³-hybridized carbons (Fsp3) is 0.545. The fourth-order valence-electron chi connectivity index (χ4n) is 3.77. The van der Waals surface area contributed by atoms with Gasteiger partial charge in [-0.3, -0.25) is 0 Å². The second-order valence-corrected chi connectivity index (χ2v) is 7.96. The van der Waals surface area contributed by atoms with Crippen molar-refractivity contribution in [3.8, 4) is 0 Å². The Kier molecular flexibility index (Phi) is 6.39. The van der Waals surface area contributed by atoms with Gasteiger partial charge >= 0.3 is 0 Å². The zero-order valence-corrected chi connectivity index (χ0v) is 16.7. The zero-order chi connectivity index (χ0) is 19.2. The Morgan fingerprint density at radius 3 is 2.61 bits per heavy atom. The lowest BCUT2D eigenvalue weighted by molar-refractivity contribution is 0.343. The third-order valence-corrected chi connectivity index (χ3v) is 5.63. The van der Waals surface area contributed by atoms with Crippen molar-refractivity contribution < 1.29 is 0 Å². The van der Waals surface area contributed by atoms with Crippen LogP contribution in [0.2, 0.25) is 0 Å². The molecule has 1 saturated heterocycles. The summed E-state index contributed by atoms with van der Waals surface area (Å²) < 4.78 is 0. The summed E-state index contributed by atoms with van der Waals surface area (Å²) in [6, 6.07) is 8.66. The molecule has 0 atom stereocenters. The first-order chi connectivity index (χ1) is 13.8. The van der Waals surface area contributed by atoms with Gasteiger partial charge in [0.25, 0.3) is 0 Å². The van der Waals surface area contributed by atoms with E-state index in [1.165, 1.54) is 49.9 Å². The molecule has 4 N–H and O–H groups in total. The predicted octanol–water partition coefficient (Wildman–Crippen LogP) is 3.50. The fourth-order valence-corrected chi connectivity index (χ4v) is 3.77. The summed E-state index contributed by atoms with van der Waals surface area (Å²) in [5.41, 5.74) is 9.26. The number of nitrogens with zero attached hydrogens (tertiary/aromatic N) is 3. The second kappa shape index (κ2) is 9.34. The van der Waals surface area contributed by atoms with E-state index in [0.29, 0.717) is 18.4 Å². The molecule has 1 saturated carbocycles. The van der Waals surface area contributed by atoms with Gasteiger partial charge in [0.15, 0.2) is 0 Å². The molecule has 2 aliphatic rings. The molecule has 0 amide bonds. The van der Waals surface area contributed by atoms with E-state index in [1.54, 1.807) is 0 Å². The minimum absolute atomic E-state index is 0.615. The van der Waals surface area contributed by atoms with Crippen molar-refractivity contribution >= 4 is 17.5 Å². The number of hydrogen-bond donors (Lipinski definition) is 3. The Morgan fingerprint density at radius 1 is 1.11 bits per heavy atom. The Hall–Kier alpha value is -2.18. The molecular formula is C22H32N6. The van der Waals surface area contributed by atoms with E-state index in [-0.39, 0.29) is 0 Å². The van der Waals surface area contributed by atoms with Gasteiger partial charge in [-0.2, -0.15) is 4.98 Å². The molecule has 0 bridgehead atoms. The van der Waals surface area contributed by atoms with Gasteiger partial charge in [-0.1, -0.05) is 12.1 Å². The molecule has 1 aliphatic carbocycles. The highest BCUT2D eigenvalue weighted by Crippen LogP contribution is 2.42. The smallest absolute Gasteiger partial charge is 0.229 e. The lowest BCUT2D eigenvalue weighted by atomic mass is 10.1. The molecule has 2 fully saturated rings. The number of benzene rings is 1. The highest BCUT2D eigenvalue weighted by molar-refractivity contribution is 5.57.